The van der Waals surface area contributed by atoms with E-state index < -0.39 is 0 Å². The van der Waals surface area contributed by atoms with Crippen molar-refractivity contribution in [1.29, 1.82) is 0 Å². The largest absolute Gasteiger partial charge is 0.399 e. The molecule has 1 fully saturated rings. The fraction of sp³-hybridized carbons (Fsp3) is 0.455. The standard InChI is InChI=1S/C11H15N7O/c1-19-17-7-2-4-18(5-3-7)10-8-6-13-16-9(8)14-11(12)15-10/h6H,2-5H2,1H3,(H3,12,13,14,15,16). The average Bonchev–Trinajstić information content (AvgIpc) is 2.87. The SMILES string of the molecule is CON=C1CCN(c2nc(N)nc3[nH]ncc23)CC1. The van der Waals surface area contributed by atoms with Gasteiger partial charge in [-0.2, -0.15) is 15.1 Å². The van der Waals surface area contributed by atoms with Gasteiger partial charge in [0.15, 0.2) is 5.65 Å². The molecule has 0 amide bonds. The first-order valence-corrected chi connectivity index (χ1v) is 6.08. The van der Waals surface area contributed by atoms with E-state index in [0.717, 1.165) is 42.8 Å². The molecule has 2 aromatic heterocycles. The molecule has 8 heteroatoms. The van der Waals surface area contributed by atoms with Gasteiger partial charge < -0.3 is 15.5 Å². The molecule has 3 rings (SSSR count). The van der Waals surface area contributed by atoms with Crippen molar-refractivity contribution in [2.24, 2.45) is 5.16 Å². The van der Waals surface area contributed by atoms with Gasteiger partial charge in [-0.05, 0) is 0 Å². The van der Waals surface area contributed by atoms with Gasteiger partial charge in [-0.25, -0.2) is 0 Å². The number of piperidine rings is 1. The minimum Gasteiger partial charge on any atom is -0.399 e. The number of fused-ring (bicyclic) bond motifs is 1. The zero-order chi connectivity index (χ0) is 13.2. The third-order valence-corrected chi connectivity index (χ3v) is 3.17. The van der Waals surface area contributed by atoms with Crippen molar-refractivity contribution in [3.8, 4) is 0 Å². The van der Waals surface area contributed by atoms with Crippen LogP contribution < -0.4 is 10.6 Å². The second-order valence-electron chi connectivity index (χ2n) is 4.36. The smallest absolute Gasteiger partial charge is 0.224 e. The van der Waals surface area contributed by atoms with Crippen LogP contribution in [0.5, 0.6) is 0 Å². The fourth-order valence-corrected chi connectivity index (χ4v) is 2.27. The monoisotopic (exact) mass is 261 g/mol. The second-order valence-corrected chi connectivity index (χ2v) is 4.36. The minimum absolute atomic E-state index is 0.253. The maximum atomic E-state index is 5.73. The van der Waals surface area contributed by atoms with E-state index in [1.807, 2.05) is 0 Å². The van der Waals surface area contributed by atoms with Crippen molar-refractivity contribution in [2.75, 3.05) is 30.8 Å². The normalized spacial score (nSPS) is 15.8. The summed E-state index contributed by atoms with van der Waals surface area (Å²) in [6, 6.07) is 0. The minimum atomic E-state index is 0.253. The van der Waals surface area contributed by atoms with E-state index in [1.165, 1.54) is 0 Å². The number of H-pyrrole nitrogens is 1. The van der Waals surface area contributed by atoms with Gasteiger partial charge >= 0.3 is 0 Å². The summed E-state index contributed by atoms with van der Waals surface area (Å²) in [5, 5.41) is 11.7. The maximum absolute atomic E-state index is 5.73. The second kappa shape index (κ2) is 4.71. The Balaban J connectivity index is 1.89. The van der Waals surface area contributed by atoms with Crippen molar-refractivity contribution in [3.05, 3.63) is 6.20 Å². The van der Waals surface area contributed by atoms with Gasteiger partial charge in [0.25, 0.3) is 0 Å². The molecule has 1 saturated heterocycles. The molecule has 0 aromatic carbocycles. The van der Waals surface area contributed by atoms with Crippen molar-refractivity contribution < 1.29 is 4.84 Å². The van der Waals surface area contributed by atoms with Crippen LogP contribution in [0.3, 0.4) is 0 Å². The number of nitrogens with zero attached hydrogens (tertiary/aromatic N) is 5. The van der Waals surface area contributed by atoms with E-state index in [4.69, 9.17) is 10.6 Å². The Morgan fingerprint density at radius 3 is 2.89 bits per heavy atom. The van der Waals surface area contributed by atoms with E-state index in [2.05, 4.69) is 30.2 Å². The number of oxime groups is 1. The number of hydrogen-bond acceptors (Lipinski definition) is 7. The number of aromatic nitrogens is 4. The molecule has 1 aliphatic heterocycles. The van der Waals surface area contributed by atoms with E-state index in [1.54, 1.807) is 13.3 Å². The first-order valence-electron chi connectivity index (χ1n) is 6.08. The topological polar surface area (TPSA) is 105 Å². The van der Waals surface area contributed by atoms with Gasteiger partial charge in [0.1, 0.15) is 12.9 Å². The third-order valence-electron chi connectivity index (χ3n) is 3.17. The molecule has 19 heavy (non-hydrogen) atoms. The van der Waals surface area contributed by atoms with Crippen molar-refractivity contribution in [2.45, 2.75) is 12.8 Å². The molecule has 100 valence electrons. The number of aromatic amines is 1. The van der Waals surface area contributed by atoms with Gasteiger partial charge in [-0.3, -0.25) is 5.10 Å². The molecule has 0 radical (unpaired) electrons. The molecule has 0 atom stereocenters. The van der Waals surface area contributed by atoms with Crippen LogP contribution in [0.2, 0.25) is 0 Å². The molecular weight excluding hydrogens is 246 g/mol. The molecule has 0 aliphatic carbocycles. The van der Waals surface area contributed by atoms with E-state index in [0.29, 0.717) is 5.65 Å². The molecule has 3 N–H and O–H groups in total. The third kappa shape index (κ3) is 2.16. The molecule has 0 spiro atoms. The van der Waals surface area contributed by atoms with Crippen LogP contribution in [-0.2, 0) is 4.84 Å². The maximum Gasteiger partial charge on any atom is 0.224 e. The highest BCUT2D eigenvalue weighted by Gasteiger charge is 2.20. The Hall–Kier alpha value is -2.38. The lowest BCUT2D eigenvalue weighted by molar-refractivity contribution is 0.211. The van der Waals surface area contributed by atoms with Crippen LogP contribution in [0.4, 0.5) is 11.8 Å². The van der Waals surface area contributed by atoms with Crippen molar-refractivity contribution >= 4 is 28.5 Å². The number of nitrogens with one attached hydrogen (secondary N) is 1. The van der Waals surface area contributed by atoms with Gasteiger partial charge in [0.05, 0.1) is 17.3 Å². The summed E-state index contributed by atoms with van der Waals surface area (Å²) < 4.78 is 0. The van der Waals surface area contributed by atoms with Crippen LogP contribution in [0.15, 0.2) is 11.4 Å². The lowest BCUT2D eigenvalue weighted by atomic mass is 10.1. The summed E-state index contributed by atoms with van der Waals surface area (Å²) >= 11 is 0. The number of nitrogen functional groups attached to an aromatic ring is 1. The predicted molar refractivity (Wildman–Crippen MR) is 72.0 cm³/mol. The molecule has 8 nitrogen and oxygen atoms in total. The van der Waals surface area contributed by atoms with E-state index in [9.17, 15) is 0 Å². The molecule has 1 aliphatic rings. The molecule has 0 unspecified atom stereocenters. The summed E-state index contributed by atoms with van der Waals surface area (Å²) in [6.45, 7) is 1.66. The zero-order valence-electron chi connectivity index (χ0n) is 10.6. The highest BCUT2D eigenvalue weighted by atomic mass is 16.6. The Kier molecular flexibility index (Phi) is 2.90. The lowest BCUT2D eigenvalue weighted by Gasteiger charge is -2.28. The van der Waals surface area contributed by atoms with Crippen LogP contribution in [0.25, 0.3) is 11.0 Å². The quantitative estimate of drug-likeness (QED) is 0.764. The molecule has 3 heterocycles. The fourth-order valence-electron chi connectivity index (χ4n) is 2.27. The molecular formula is C11H15N7O. The Bertz CT molecular complexity index is 611. The summed E-state index contributed by atoms with van der Waals surface area (Å²) in [5.74, 6) is 1.08. The highest BCUT2D eigenvalue weighted by Crippen LogP contribution is 2.25. The van der Waals surface area contributed by atoms with Crippen LogP contribution in [0, 0.1) is 0 Å². The van der Waals surface area contributed by atoms with Crippen molar-refractivity contribution in [3.63, 3.8) is 0 Å². The molecule has 2 aromatic rings. The highest BCUT2D eigenvalue weighted by molar-refractivity contribution is 5.90. The number of nitrogens with two attached hydrogens (primary N) is 1. The first kappa shape index (κ1) is 11.7. The Morgan fingerprint density at radius 1 is 1.37 bits per heavy atom. The average molecular weight is 261 g/mol. The predicted octanol–water partition coefficient (Wildman–Crippen LogP) is 0.538. The number of rotatable bonds is 2. The summed E-state index contributed by atoms with van der Waals surface area (Å²) in [4.78, 5) is 15.4. The van der Waals surface area contributed by atoms with Crippen molar-refractivity contribution in [1.82, 2.24) is 20.2 Å². The lowest BCUT2D eigenvalue weighted by Crippen LogP contribution is -2.34. The first-order chi connectivity index (χ1) is 9.28. The van der Waals surface area contributed by atoms with Gasteiger partial charge in [-0.1, -0.05) is 5.16 Å². The number of anilines is 2. The van der Waals surface area contributed by atoms with E-state index >= 15 is 0 Å². The number of hydrogen-bond donors (Lipinski definition) is 2. The summed E-state index contributed by atoms with van der Waals surface area (Å²) in [7, 11) is 1.57. The van der Waals surface area contributed by atoms with Crippen LogP contribution in [-0.4, -0.2) is 46.1 Å². The van der Waals surface area contributed by atoms with Crippen LogP contribution >= 0.6 is 0 Å². The Morgan fingerprint density at radius 2 is 2.16 bits per heavy atom. The molecule has 0 saturated carbocycles. The zero-order valence-corrected chi connectivity index (χ0v) is 10.6. The molecule has 0 bridgehead atoms. The van der Waals surface area contributed by atoms with E-state index in [-0.39, 0.29) is 5.95 Å². The van der Waals surface area contributed by atoms with Crippen LogP contribution in [0.1, 0.15) is 12.8 Å². The van der Waals surface area contributed by atoms with Gasteiger partial charge in [-0.15, -0.1) is 0 Å². The van der Waals surface area contributed by atoms with Gasteiger partial charge in [0.2, 0.25) is 5.95 Å². The summed E-state index contributed by atoms with van der Waals surface area (Å²) in [6.07, 6.45) is 3.44. The Labute approximate surface area is 109 Å². The van der Waals surface area contributed by atoms with Gasteiger partial charge in [0, 0.05) is 25.9 Å². The summed E-state index contributed by atoms with van der Waals surface area (Å²) in [5.41, 5.74) is 7.46.